The quantitative estimate of drug-likeness (QED) is 0.737. The lowest BCUT2D eigenvalue weighted by Gasteiger charge is -2.29. The molecule has 0 spiro atoms. The highest BCUT2D eigenvalue weighted by Gasteiger charge is 2.39. The first kappa shape index (κ1) is 18.8. The second-order valence-corrected chi connectivity index (χ2v) is 10.5. The normalized spacial score (nSPS) is 16.4. The molecule has 0 saturated heterocycles. The zero-order valence-corrected chi connectivity index (χ0v) is 16.0. The second-order valence-electron chi connectivity index (χ2n) is 7.24. The molecular weight excluding hydrogens is 382 g/mol. The van der Waals surface area contributed by atoms with Gasteiger partial charge >= 0.3 is 0 Å². The third kappa shape index (κ3) is 3.23. The summed E-state index contributed by atoms with van der Waals surface area (Å²) in [5.41, 5.74) is -0.0683. The van der Waals surface area contributed by atoms with Gasteiger partial charge in [0.15, 0.2) is 27.3 Å². The van der Waals surface area contributed by atoms with Crippen molar-refractivity contribution in [1.29, 1.82) is 0 Å². The number of halogens is 2. The van der Waals surface area contributed by atoms with Crippen LogP contribution in [0.2, 0.25) is 0 Å². The van der Waals surface area contributed by atoms with Crippen LogP contribution < -0.4 is 0 Å². The SMILES string of the molecule is CC1(C)CC(=O)c2c(S(C)(=O)=O)sc(C(=O)c3ccc(F)c(F)c3)c2C1. The van der Waals surface area contributed by atoms with Crippen LogP contribution in [0.5, 0.6) is 0 Å². The summed E-state index contributed by atoms with van der Waals surface area (Å²) in [6.45, 7) is 3.72. The van der Waals surface area contributed by atoms with E-state index in [-0.39, 0.29) is 32.4 Å². The van der Waals surface area contributed by atoms with E-state index in [1.807, 2.05) is 13.8 Å². The number of carbonyl (C=O) groups is 2. The first-order chi connectivity index (χ1) is 11.9. The van der Waals surface area contributed by atoms with E-state index in [1.54, 1.807) is 0 Å². The van der Waals surface area contributed by atoms with Gasteiger partial charge in [0, 0.05) is 18.2 Å². The molecule has 138 valence electrons. The van der Waals surface area contributed by atoms with Crippen molar-refractivity contribution in [2.24, 2.45) is 5.41 Å². The maximum atomic E-state index is 13.5. The number of thiophene rings is 1. The highest BCUT2D eigenvalue weighted by atomic mass is 32.2. The number of hydrogen-bond donors (Lipinski definition) is 0. The number of carbonyl (C=O) groups excluding carboxylic acids is 2. The Balaban J connectivity index is 2.24. The smallest absolute Gasteiger partial charge is 0.203 e. The maximum Gasteiger partial charge on any atom is 0.203 e. The molecule has 0 saturated carbocycles. The molecular formula is C18H16F2O4S2. The Kier molecular flexibility index (Phi) is 4.39. The van der Waals surface area contributed by atoms with E-state index in [2.05, 4.69) is 0 Å². The van der Waals surface area contributed by atoms with Gasteiger partial charge in [-0.25, -0.2) is 17.2 Å². The minimum Gasteiger partial charge on any atom is -0.294 e. The molecule has 1 aliphatic carbocycles. The lowest BCUT2D eigenvalue weighted by Crippen LogP contribution is -2.28. The molecule has 1 aliphatic rings. The van der Waals surface area contributed by atoms with E-state index >= 15 is 0 Å². The minimum atomic E-state index is -3.71. The first-order valence-electron chi connectivity index (χ1n) is 7.79. The van der Waals surface area contributed by atoms with Gasteiger partial charge in [-0.05, 0) is 35.6 Å². The van der Waals surface area contributed by atoms with Crippen LogP contribution in [-0.4, -0.2) is 26.2 Å². The van der Waals surface area contributed by atoms with Gasteiger partial charge in [-0.3, -0.25) is 9.59 Å². The monoisotopic (exact) mass is 398 g/mol. The average molecular weight is 398 g/mol. The Hall–Kier alpha value is -1.93. The summed E-state index contributed by atoms with van der Waals surface area (Å²) in [6, 6.07) is 2.76. The van der Waals surface area contributed by atoms with Crippen LogP contribution in [0.3, 0.4) is 0 Å². The molecule has 26 heavy (non-hydrogen) atoms. The van der Waals surface area contributed by atoms with E-state index in [4.69, 9.17) is 0 Å². The van der Waals surface area contributed by atoms with Gasteiger partial charge in [-0.15, -0.1) is 11.3 Å². The van der Waals surface area contributed by atoms with Crippen LogP contribution in [0.25, 0.3) is 0 Å². The molecule has 4 nitrogen and oxygen atoms in total. The second kappa shape index (κ2) is 6.06. The van der Waals surface area contributed by atoms with Gasteiger partial charge < -0.3 is 0 Å². The highest BCUT2D eigenvalue weighted by Crippen LogP contribution is 2.43. The summed E-state index contributed by atoms with van der Waals surface area (Å²) in [5.74, 6) is -3.19. The van der Waals surface area contributed by atoms with Crippen molar-refractivity contribution in [3.63, 3.8) is 0 Å². The molecule has 0 bridgehead atoms. The number of Topliss-reactive ketones (excluding diaryl/α,β-unsaturated/α-hetero) is 1. The number of sulfone groups is 1. The van der Waals surface area contributed by atoms with Gasteiger partial charge in [0.1, 0.15) is 4.21 Å². The third-order valence-corrected chi connectivity index (χ3v) is 7.33. The summed E-state index contributed by atoms with van der Waals surface area (Å²) in [4.78, 5) is 25.5. The van der Waals surface area contributed by atoms with Crippen LogP contribution in [0.15, 0.2) is 22.4 Å². The zero-order chi connectivity index (χ0) is 19.4. The number of ketones is 2. The first-order valence-corrected chi connectivity index (χ1v) is 10.5. The predicted octanol–water partition coefficient (Wildman–Crippen LogP) is 3.82. The summed E-state index contributed by atoms with van der Waals surface area (Å²) in [6.07, 6.45) is 1.51. The van der Waals surface area contributed by atoms with Crippen LogP contribution >= 0.6 is 11.3 Å². The zero-order valence-electron chi connectivity index (χ0n) is 14.4. The highest BCUT2D eigenvalue weighted by molar-refractivity contribution is 7.92. The molecule has 1 aromatic heterocycles. The number of fused-ring (bicyclic) bond motifs is 1. The molecule has 1 aromatic carbocycles. The number of rotatable bonds is 3. The van der Waals surface area contributed by atoms with E-state index < -0.39 is 32.7 Å². The summed E-state index contributed by atoms with van der Waals surface area (Å²) < 4.78 is 50.7. The van der Waals surface area contributed by atoms with E-state index in [0.29, 0.717) is 12.0 Å². The molecule has 1 heterocycles. The van der Waals surface area contributed by atoms with Crippen molar-refractivity contribution in [2.75, 3.05) is 6.26 Å². The fourth-order valence-electron chi connectivity index (χ4n) is 3.17. The summed E-state index contributed by atoms with van der Waals surface area (Å²) in [5, 5.41) is 0. The van der Waals surface area contributed by atoms with Crippen molar-refractivity contribution in [3.05, 3.63) is 51.4 Å². The maximum absolute atomic E-state index is 13.5. The van der Waals surface area contributed by atoms with Gasteiger partial charge in [0.25, 0.3) is 0 Å². The molecule has 0 unspecified atom stereocenters. The molecule has 2 aromatic rings. The standard InChI is InChI=1S/C18H16F2O4S2/c1-18(2)7-10-14(13(21)8-18)17(26(3,23)24)25-16(10)15(22)9-4-5-11(19)12(20)6-9/h4-6H,7-8H2,1-3H3. The molecule has 0 aliphatic heterocycles. The lowest BCUT2D eigenvalue weighted by atomic mass is 9.74. The molecule has 0 fully saturated rings. The van der Waals surface area contributed by atoms with Crippen LogP contribution in [0.4, 0.5) is 8.78 Å². The molecule has 8 heteroatoms. The predicted molar refractivity (Wildman–Crippen MR) is 93.7 cm³/mol. The molecule has 0 radical (unpaired) electrons. The van der Waals surface area contributed by atoms with Gasteiger partial charge in [0.05, 0.1) is 10.4 Å². The summed E-state index contributed by atoms with van der Waals surface area (Å²) >= 11 is 0.725. The van der Waals surface area contributed by atoms with Crippen molar-refractivity contribution < 1.29 is 26.8 Å². The van der Waals surface area contributed by atoms with Gasteiger partial charge in [0.2, 0.25) is 5.78 Å². The Morgan fingerprint density at radius 2 is 1.81 bits per heavy atom. The lowest BCUT2D eigenvalue weighted by molar-refractivity contribution is 0.0909. The van der Waals surface area contributed by atoms with Crippen LogP contribution in [-0.2, 0) is 16.3 Å². The van der Waals surface area contributed by atoms with Crippen LogP contribution in [0.1, 0.15) is 51.4 Å². The molecule has 0 atom stereocenters. The third-order valence-electron chi connectivity index (χ3n) is 4.27. The average Bonchev–Trinajstić information content (AvgIpc) is 2.87. The topological polar surface area (TPSA) is 68.3 Å². The van der Waals surface area contributed by atoms with Gasteiger partial charge in [-0.2, -0.15) is 0 Å². The van der Waals surface area contributed by atoms with Crippen molar-refractivity contribution >= 4 is 32.7 Å². The Labute approximate surface area is 153 Å². The minimum absolute atomic E-state index is 0.0720. The molecule has 3 rings (SSSR count). The van der Waals surface area contributed by atoms with Crippen molar-refractivity contribution in [3.8, 4) is 0 Å². The Morgan fingerprint density at radius 3 is 2.38 bits per heavy atom. The molecule has 0 amide bonds. The van der Waals surface area contributed by atoms with Crippen LogP contribution in [0, 0.1) is 17.0 Å². The Bertz CT molecular complexity index is 1050. The van der Waals surface area contributed by atoms with E-state index in [1.165, 1.54) is 0 Å². The largest absolute Gasteiger partial charge is 0.294 e. The fourth-order valence-corrected chi connectivity index (χ4v) is 5.67. The van der Waals surface area contributed by atoms with Crippen molar-refractivity contribution in [1.82, 2.24) is 0 Å². The van der Waals surface area contributed by atoms with E-state index in [9.17, 15) is 26.8 Å². The van der Waals surface area contributed by atoms with Gasteiger partial charge in [-0.1, -0.05) is 13.8 Å². The number of benzene rings is 1. The fraction of sp³-hybridized carbons (Fsp3) is 0.333. The van der Waals surface area contributed by atoms with E-state index in [0.717, 1.165) is 35.8 Å². The summed E-state index contributed by atoms with van der Waals surface area (Å²) in [7, 11) is -3.71. The van der Waals surface area contributed by atoms with Crippen molar-refractivity contribution in [2.45, 2.75) is 30.9 Å². The Morgan fingerprint density at radius 1 is 1.15 bits per heavy atom. The molecule has 0 N–H and O–H groups in total. The number of hydrogen-bond acceptors (Lipinski definition) is 5.